The fraction of sp³-hybridized carbons (Fsp3) is 0.350. The molecule has 0 aliphatic carbocycles. The number of nitrogens with one attached hydrogen (secondary N) is 2. The van der Waals surface area contributed by atoms with Crippen LogP contribution in [0.4, 0.5) is 5.69 Å². The van der Waals surface area contributed by atoms with E-state index in [4.69, 9.17) is 5.73 Å². The minimum absolute atomic E-state index is 0.0109. The molecule has 0 radical (unpaired) electrons. The summed E-state index contributed by atoms with van der Waals surface area (Å²) in [6.07, 6.45) is 4.68. The van der Waals surface area contributed by atoms with Gasteiger partial charge in [0.25, 0.3) is 10.0 Å². The van der Waals surface area contributed by atoms with Crippen molar-refractivity contribution in [2.24, 2.45) is 10.7 Å². The molecule has 2 rings (SSSR count). The van der Waals surface area contributed by atoms with Crippen LogP contribution < -0.4 is 10.5 Å². The van der Waals surface area contributed by atoms with Crippen molar-refractivity contribution in [3.63, 3.8) is 0 Å². The Kier molecular flexibility index (Phi) is 6.44. The van der Waals surface area contributed by atoms with Crippen molar-refractivity contribution in [3.05, 3.63) is 52.8 Å². The van der Waals surface area contributed by atoms with Crippen molar-refractivity contribution in [1.29, 1.82) is 0 Å². The molecule has 1 aromatic heterocycles. The predicted octanol–water partition coefficient (Wildman–Crippen LogP) is 2.28. The average molecular weight is 420 g/mol. The molecule has 0 saturated heterocycles. The van der Waals surface area contributed by atoms with Gasteiger partial charge in [0.1, 0.15) is 10.7 Å². The number of aliphatic hydroxyl groups is 1. The number of hydrogen-bond acceptors (Lipinski definition) is 6. The highest BCUT2D eigenvalue weighted by Crippen LogP contribution is 2.30. The Morgan fingerprint density at radius 2 is 2.10 bits per heavy atom. The van der Waals surface area contributed by atoms with Crippen LogP contribution in [0.5, 0.6) is 0 Å². The molecule has 0 aliphatic rings. The first kappa shape index (κ1) is 22.5. The molecule has 2 aromatic rings. The number of aromatic amines is 1. The maximum atomic E-state index is 13.1. The summed E-state index contributed by atoms with van der Waals surface area (Å²) < 4.78 is 28.7. The number of sulfonamides is 1. The van der Waals surface area contributed by atoms with Crippen LogP contribution in [0.1, 0.15) is 25.0 Å². The van der Waals surface area contributed by atoms with E-state index < -0.39 is 15.6 Å². The monoisotopic (exact) mass is 419 g/mol. The lowest BCUT2D eigenvalue weighted by atomic mass is 10.1. The number of hydrogen-bond donors (Lipinski definition) is 4. The lowest BCUT2D eigenvalue weighted by Crippen LogP contribution is -2.39. The number of aliphatic imine (C=N–C) groups is 1. The highest BCUT2D eigenvalue weighted by atomic mass is 32.2. The first-order valence-electron chi connectivity index (χ1n) is 9.02. The average Bonchev–Trinajstić information content (AvgIpc) is 3.01. The van der Waals surface area contributed by atoms with E-state index in [1.807, 2.05) is 13.0 Å². The second-order valence-electron chi connectivity index (χ2n) is 7.54. The zero-order valence-electron chi connectivity index (χ0n) is 17.4. The number of benzene rings is 1. The third-order valence-electron chi connectivity index (χ3n) is 4.35. The van der Waals surface area contributed by atoms with Crippen LogP contribution in [0.25, 0.3) is 10.9 Å². The summed E-state index contributed by atoms with van der Waals surface area (Å²) >= 11 is 0. The molecule has 1 heterocycles. The van der Waals surface area contributed by atoms with Gasteiger partial charge < -0.3 is 20.7 Å². The standard InChI is InChI=1S/C20H29N5O3S/c1-7-16(19(21)25(6)12-20(3,4)26)29(27,28)24-15-9-8-13(2)17-14(10-22-5)11-23-18(15)17/h7-11,23-24,26H,1,12,21H2,2-6H3/b19-16+,22-10?. The Morgan fingerprint density at radius 3 is 2.66 bits per heavy atom. The Balaban J connectivity index is 2.51. The molecule has 0 unspecified atom stereocenters. The minimum atomic E-state index is -4.02. The zero-order chi connectivity index (χ0) is 22.0. The summed E-state index contributed by atoms with van der Waals surface area (Å²) in [5.41, 5.74) is 7.92. The second kappa shape index (κ2) is 8.30. The highest BCUT2D eigenvalue weighted by molar-refractivity contribution is 7.96. The summed E-state index contributed by atoms with van der Waals surface area (Å²) in [6.45, 7) is 8.92. The molecule has 9 heteroatoms. The van der Waals surface area contributed by atoms with Crippen molar-refractivity contribution < 1.29 is 13.5 Å². The van der Waals surface area contributed by atoms with Gasteiger partial charge in [-0.05, 0) is 38.5 Å². The summed E-state index contributed by atoms with van der Waals surface area (Å²) in [5.74, 6) is -0.0109. The van der Waals surface area contributed by atoms with Gasteiger partial charge in [0, 0.05) is 44.0 Å². The molecule has 5 N–H and O–H groups in total. The number of allylic oxidation sites excluding steroid dienone is 1. The van der Waals surface area contributed by atoms with Gasteiger partial charge >= 0.3 is 0 Å². The largest absolute Gasteiger partial charge is 0.389 e. The van der Waals surface area contributed by atoms with Gasteiger partial charge in [0.15, 0.2) is 0 Å². The molecular formula is C20H29N5O3S. The fourth-order valence-electron chi connectivity index (χ4n) is 3.18. The number of aromatic nitrogens is 1. The lowest BCUT2D eigenvalue weighted by molar-refractivity contribution is 0.0532. The van der Waals surface area contributed by atoms with Crippen molar-refractivity contribution in [3.8, 4) is 0 Å². The molecular weight excluding hydrogens is 390 g/mol. The number of aryl methyl sites for hydroxylation is 1. The van der Waals surface area contributed by atoms with Gasteiger partial charge in [-0.25, -0.2) is 8.42 Å². The summed E-state index contributed by atoms with van der Waals surface area (Å²) in [6, 6.07) is 3.53. The van der Waals surface area contributed by atoms with Crippen LogP contribution in [0.15, 0.2) is 46.7 Å². The van der Waals surface area contributed by atoms with Gasteiger partial charge in [-0.2, -0.15) is 0 Å². The summed E-state index contributed by atoms with van der Waals surface area (Å²) in [4.78, 5) is 8.46. The molecule has 158 valence electrons. The summed E-state index contributed by atoms with van der Waals surface area (Å²) in [5, 5.41) is 10.9. The first-order chi connectivity index (χ1) is 13.4. The number of likely N-dealkylation sites (N-methyl/N-ethyl adjacent to an activating group) is 1. The van der Waals surface area contributed by atoms with E-state index in [9.17, 15) is 13.5 Å². The van der Waals surface area contributed by atoms with Crippen LogP contribution in [-0.2, 0) is 10.0 Å². The van der Waals surface area contributed by atoms with E-state index in [1.54, 1.807) is 46.4 Å². The Morgan fingerprint density at radius 1 is 1.45 bits per heavy atom. The molecule has 0 saturated carbocycles. The third-order valence-corrected chi connectivity index (χ3v) is 5.79. The predicted molar refractivity (Wildman–Crippen MR) is 119 cm³/mol. The fourth-order valence-corrected chi connectivity index (χ4v) is 4.40. The molecule has 0 aliphatic heterocycles. The normalized spacial score (nSPS) is 13.6. The Bertz CT molecular complexity index is 1080. The van der Waals surface area contributed by atoms with Gasteiger partial charge in [0.2, 0.25) is 0 Å². The molecule has 0 spiro atoms. The maximum Gasteiger partial charge on any atom is 0.265 e. The lowest BCUT2D eigenvalue weighted by Gasteiger charge is -2.28. The van der Waals surface area contributed by atoms with E-state index in [-0.39, 0.29) is 17.3 Å². The van der Waals surface area contributed by atoms with E-state index in [0.29, 0.717) is 11.2 Å². The van der Waals surface area contributed by atoms with Crippen LogP contribution >= 0.6 is 0 Å². The van der Waals surface area contributed by atoms with Crippen molar-refractivity contribution in [2.75, 3.05) is 25.4 Å². The van der Waals surface area contributed by atoms with E-state index in [0.717, 1.165) is 16.5 Å². The van der Waals surface area contributed by atoms with Crippen LogP contribution in [0, 0.1) is 6.92 Å². The highest BCUT2D eigenvalue weighted by Gasteiger charge is 2.24. The Hall–Kier alpha value is -2.78. The van der Waals surface area contributed by atoms with Gasteiger partial charge in [-0.1, -0.05) is 12.6 Å². The number of fused-ring (bicyclic) bond motifs is 1. The van der Waals surface area contributed by atoms with E-state index in [1.165, 1.54) is 11.0 Å². The number of H-pyrrole nitrogens is 1. The van der Waals surface area contributed by atoms with Gasteiger partial charge in [0.05, 0.1) is 16.8 Å². The van der Waals surface area contributed by atoms with E-state index >= 15 is 0 Å². The van der Waals surface area contributed by atoms with Gasteiger partial charge in [-0.15, -0.1) is 0 Å². The molecule has 29 heavy (non-hydrogen) atoms. The Labute approximate surface area is 171 Å². The molecule has 0 atom stereocenters. The molecule has 0 bridgehead atoms. The first-order valence-corrected chi connectivity index (χ1v) is 10.5. The van der Waals surface area contributed by atoms with Crippen LogP contribution in [0.2, 0.25) is 0 Å². The number of nitrogens with two attached hydrogens (primary N) is 1. The maximum absolute atomic E-state index is 13.1. The third kappa shape index (κ3) is 4.99. The molecule has 1 aromatic carbocycles. The number of rotatable bonds is 8. The SMILES string of the molecule is C=C/C(=C(/N)N(C)CC(C)(C)O)S(=O)(=O)Nc1ccc(C)c2c(C=NC)c[nH]c12. The summed E-state index contributed by atoms with van der Waals surface area (Å²) in [7, 11) is -0.739. The minimum Gasteiger partial charge on any atom is -0.389 e. The molecule has 8 nitrogen and oxygen atoms in total. The van der Waals surface area contributed by atoms with E-state index in [2.05, 4.69) is 21.3 Å². The molecule has 0 amide bonds. The number of nitrogens with zero attached hydrogens (tertiary/aromatic N) is 2. The molecule has 0 fully saturated rings. The van der Waals surface area contributed by atoms with Crippen molar-refractivity contribution >= 4 is 32.8 Å². The van der Waals surface area contributed by atoms with Crippen molar-refractivity contribution in [2.45, 2.75) is 26.4 Å². The quantitative estimate of drug-likeness (QED) is 0.386. The van der Waals surface area contributed by atoms with Crippen LogP contribution in [0.3, 0.4) is 0 Å². The smallest absolute Gasteiger partial charge is 0.265 e. The zero-order valence-corrected chi connectivity index (χ0v) is 18.3. The van der Waals surface area contributed by atoms with Crippen molar-refractivity contribution in [1.82, 2.24) is 9.88 Å². The van der Waals surface area contributed by atoms with Crippen LogP contribution in [-0.4, -0.2) is 55.9 Å². The number of anilines is 1. The topological polar surface area (TPSA) is 124 Å². The second-order valence-corrected chi connectivity index (χ2v) is 9.19. The van der Waals surface area contributed by atoms with Gasteiger partial charge in [-0.3, -0.25) is 9.71 Å².